The summed E-state index contributed by atoms with van der Waals surface area (Å²) in [5.41, 5.74) is 7.92. The molecule has 2 aromatic heterocycles. The molecular formula is C14H14ClN3. The molecule has 1 atom stereocenters. The summed E-state index contributed by atoms with van der Waals surface area (Å²) in [5.74, 6) is 0. The lowest BCUT2D eigenvalue weighted by Crippen LogP contribution is -2.21. The molecule has 0 saturated carbocycles. The van der Waals surface area contributed by atoms with Gasteiger partial charge in [0.05, 0.1) is 16.1 Å². The van der Waals surface area contributed by atoms with Gasteiger partial charge in [0, 0.05) is 35.8 Å². The molecule has 0 unspecified atom stereocenters. The van der Waals surface area contributed by atoms with Crippen molar-refractivity contribution in [3.8, 4) is 0 Å². The van der Waals surface area contributed by atoms with E-state index < -0.39 is 0 Å². The number of aromatic nitrogens is 2. The summed E-state index contributed by atoms with van der Waals surface area (Å²) >= 11 is 6.28. The topological polar surface area (TPSA) is 43.8 Å². The minimum absolute atomic E-state index is 0.107. The van der Waals surface area contributed by atoms with Gasteiger partial charge in [-0.3, -0.25) is 4.98 Å². The number of hydrogen-bond acceptors (Lipinski definition) is 2. The van der Waals surface area contributed by atoms with Crippen LogP contribution in [-0.4, -0.2) is 15.6 Å². The average Bonchev–Trinajstić information content (AvgIpc) is 2.72. The molecule has 3 nitrogen and oxygen atoms in total. The summed E-state index contributed by atoms with van der Waals surface area (Å²) in [6, 6.07) is 8.04. The van der Waals surface area contributed by atoms with Crippen molar-refractivity contribution >= 4 is 33.4 Å². The molecule has 0 amide bonds. The van der Waals surface area contributed by atoms with Crippen LogP contribution >= 0.6 is 11.6 Å². The number of pyridine rings is 1. The zero-order chi connectivity index (χ0) is 12.7. The maximum absolute atomic E-state index is 6.28. The Morgan fingerprint density at radius 1 is 1.44 bits per heavy atom. The smallest absolute Gasteiger partial charge is 0.0959 e. The maximum atomic E-state index is 6.28. The van der Waals surface area contributed by atoms with Crippen LogP contribution in [-0.2, 0) is 6.54 Å². The zero-order valence-corrected chi connectivity index (χ0v) is 10.9. The third kappa shape index (κ3) is 1.76. The third-order valence-electron chi connectivity index (χ3n) is 3.05. The fourth-order valence-corrected chi connectivity index (χ4v) is 2.61. The van der Waals surface area contributed by atoms with Gasteiger partial charge in [-0.2, -0.15) is 0 Å². The van der Waals surface area contributed by atoms with Gasteiger partial charge in [-0.05, 0) is 31.2 Å². The molecule has 0 radical (unpaired) electrons. The molecule has 0 fully saturated rings. The Balaban J connectivity index is 2.39. The van der Waals surface area contributed by atoms with Gasteiger partial charge < -0.3 is 10.3 Å². The number of nitrogens with two attached hydrogens (primary N) is 1. The van der Waals surface area contributed by atoms with Crippen LogP contribution in [0.25, 0.3) is 21.8 Å². The Morgan fingerprint density at radius 3 is 3.06 bits per heavy atom. The van der Waals surface area contributed by atoms with Gasteiger partial charge in [-0.1, -0.05) is 11.6 Å². The van der Waals surface area contributed by atoms with E-state index in [-0.39, 0.29) is 6.04 Å². The number of halogens is 1. The van der Waals surface area contributed by atoms with E-state index in [1.54, 1.807) is 6.20 Å². The monoisotopic (exact) mass is 259 g/mol. The van der Waals surface area contributed by atoms with Crippen molar-refractivity contribution in [2.24, 2.45) is 5.73 Å². The molecule has 92 valence electrons. The lowest BCUT2D eigenvalue weighted by molar-refractivity contribution is 0.606. The van der Waals surface area contributed by atoms with E-state index in [1.165, 1.54) is 0 Å². The molecule has 0 spiro atoms. The van der Waals surface area contributed by atoms with Crippen LogP contribution in [0.4, 0.5) is 0 Å². The molecule has 2 N–H and O–H groups in total. The molecule has 0 saturated heterocycles. The predicted octanol–water partition coefficient (Wildman–Crippen LogP) is 3.19. The Hall–Kier alpha value is -1.58. The average molecular weight is 260 g/mol. The minimum atomic E-state index is 0.107. The summed E-state index contributed by atoms with van der Waals surface area (Å²) in [7, 11) is 0. The van der Waals surface area contributed by atoms with Crippen LogP contribution in [0.1, 0.15) is 6.92 Å². The van der Waals surface area contributed by atoms with Gasteiger partial charge in [0.1, 0.15) is 0 Å². The normalized spacial score (nSPS) is 13.3. The second-order valence-corrected chi connectivity index (χ2v) is 5.05. The van der Waals surface area contributed by atoms with Crippen molar-refractivity contribution in [1.29, 1.82) is 0 Å². The van der Waals surface area contributed by atoms with Gasteiger partial charge >= 0.3 is 0 Å². The first-order valence-electron chi connectivity index (χ1n) is 5.94. The lowest BCUT2D eigenvalue weighted by Gasteiger charge is -2.10. The summed E-state index contributed by atoms with van der Waals surface area (Å²) in [6.07, 6.45) is 3.83. The fraction of sp³-hybridized carbons (Fsp3) is 0.214. The molecule has 0 aliphatic carbocycles. The second kappa shape index (κ2) is 4.26. The van der Waals surface area contributed by atoms with E-state index in [0.29, 0.717) is 0 Å². The van der Waals surface area contributed by atoms with Crippen LogP contribution in [0.15, 0.2) is 36.7 Å². The van der Waals surface area contributed by atoms with E-state index in [2.05, 4.69) is 15.6 Å². The van der Waals surface area contributed by atoms with Crippen LogP contribution in [0.5, 0.6) is 0 Å². The van der Waals surface area contributed by atoms with Crippen molar-refractivity contribution in [2.75, 3.05) is 0 Å². The number of nitrogens with zero attached hydrogens (tertiary/aromatic N) is 2. The standard InChI is InChI=1S/C14H14ClN3/c1-9(16)8-18-6-4-10-7-12(15)11-3-2-5-17-13(11)14(10)18/h2-7,9H,8,16H2,1H3/t9-/m0/s1. The first-order chi connectivity index (χ1) is 8.66. The van der Waals surface area contributed by atoms with Gasteiger partial charge in [-0.25, -0.2) is 0 Å². The maximum Gasteiger partial charge on any atom is 0.0959 e. The van der Waals surface area contributed by atoms with E-state index in [4.69, 9.17) is 17.3 Å². The van der Waals surface area contributed by atoms with Crippen LogP contribution in [0.2, 0.25) is 5.02 Å². The van der Waals surface area contributed by atoms with E-state index in [1.807, 2.05) is 31.3 Å². The van der Waals surface area contributed by atoms with Gasteiger partial charge in [0.2, 0.25) is 0 Å². The fourth-order valence-electron chi connectivity index (χ4n) is 2.34. The summed E-state index contributed by atoms with van der Waals surface area (Å²) in [6.45, 7) is 2.77. The van der Waals surface area contributed by atoms with Crippen LogP contribution in [0, 0.1) is 0 Å². The highest BCUT2D eigenvalue weighted by Gasteiger charge is 2.10. The number of hydrogen-bond donors (Lipinski definition) is 1. The Bertz CT molecular complexity index is 715. The first kappa shape index (κ1) is 11.5. The highest BCUT2D eigenvalue weighted by Crippen LogP contribution is 2.30. The molecule has 3 aromatic rings. The zero-order valence-electron chi connectivity index (χ0n) is 10.1. The number of fused-ring (bicyclic) bond motifs is 3. The molecule has 0 bridgehead atoms. The summed E-state index contributed by atoms with van der Waals surface area (Å²) in [4.78, 5) is 4.46. The van der Waals surface area contributed by atoms with E-state index in [0.717, 1.165) is 33.4 Å². The van der Waals surface area contributed by atoms with Crippen molar-refractivity contribution in [3.05, 3.63) is 41.7 Å². The molecule has 3 rings (SSSR count). The number of rotatable bonds is 2. The van der Waals surface area contributed by atoms with Crippen LogP contribution < -0.4 is 5.73 Å². The van der Waals surface area contributed by atoms with Crippen molar-refractivity contribution in [1.82, 2.24) is 9.55 Å². The Labute approximate surface area is 110 Å². The Kier molecular flexibility index (Phi) is 2.73. The Morgan fingerprint density at radius 2 is 2.28 bits per heavy atom. The summed E-state index contributed by atoms with van der Waals surface area (Å²) < 4.78 is 2.14. The van der Waals surface area contributed by atoms with Crippen LogP contribution in [0.3, 0.4) is 0 Å². The molecule has 4 heteroatoms. The van der Waals surface area contributed by atoms with Gasteiger partial charge in [0.15, 0.2) is 0 Å². The van der Waals surface area contributed by atoms with E-state index in [9.17, 15) is 0 Å². The first-order valence-corrected chi connectivity index (χ1v) is 6.32. The molecule has 0 aliphatic rings. The van der Waals surface area contributed by atoms with Crippen molar-refractivity contribution in [3.63, 3.8) is 0 Å². The highest BCUT2D eigenvalue weighted by atomic mass is 35.5. The molecule has 18 heavy (non-hydrogen) atoms. The molecule has 1 aromatic carbocycles. The third-order valence-corrected chi connectivity index (χ3v) is 3.36. The SMILES string of the molecule is C[C@H](N)Cn1ccc2cc(Cl)c3cccnc3c21. The minimum Gasteiger partial charge on any atom is -0.344 e. The largest absolute Gasteiger partial charge is 0.344 e. The summed E-state index contributed by atoms with van der Waals surface area (Å²) in [5, 5.41) is 2.83. The van der Waals surface area contributed by atoms with Gasteiger partial charge in [-0.15, -0.1) is 0 Å². The van der Waals surface area contributed by atoms with E-state index >= 15 is 0 Å². The van der Waals surface area contributed by atoms with Gasteiger partial charge in [0.25, 0.3) is 0 Å². The number of benzene rings is 1. The molecular weight excluding hydrogens is 246 g/mol. The lowest BCUT2D eigenvalue weighted by atomic mass is 10.1. The predicted molar refractivity (Wildman–Crippen MR) is 75.9 cm³/mol. The highest BCUT2D eigenvalue weighted by molar-refractivity contribution is 6.37. The van der Waals surface area contributed by atoms with Crippen molar-refractivity contribution < 1.29 is 0 Å². The molecule has 2 heterocycles. The quantitative estimate of drug-likeness (QED) is 0.768. The second-order valence-electron chi connectivity index (χ2n) is 4.64. The van der Waals surface area contributed by atoms with Crippen molar-refractivity contribution in [2.45, 2.75) is 19.5 Å². The molecule has 0 aliphatic heterocycles.